The van der Waals surface area contributed by atoms with Crippen LogP contribution >= 0.6 is 0 Å². The molecular weight excluding hydrogens is 456 g/mol. The molecule has 0 unspecified atom stereocenters. The van der Waals surface area contributed by atoms with Gasteiger partial charge in [-0.1, -0.05) is 37.8 Å². The van der Waals surface area contributed by atoms with Crippen molar-refractivity contribution in [1.29, 1.82) is 0 Å². The molecule has 0 radical (unpaired) electrons. The van der Waals surface area contributed by atoms with Gasteiger partial charge in [0, 0.05) is 67.6 Å². The minimum atomic E-state index is -0.347. The van der Waals surface area contributed by atoms with Gasteiger partial charge in [-0.2, -0.15) is 0 Å². The number of nitrogens with zero attached hydrogens (tertiary/aromatic N) is 1. The van der Waals surface area contributed by atoms with E-state index in [1.165, 1.54) is 13.8 Å². The predicted molar refractivity (Wildman–Crippen MR) is 142 cm³/mol. The highest BCUT2D eigenvalue weighted by atomic mass is 16.2. The molecule has 194 valence electrons. The Morgan fingerprint density at radius 2 is 1.25 bits per heavy atom. The van der Waals surface area contributed by atoms with Gasteiger partial charge in [-0.15, -0.1) is 0 Å². The lowest BCUT2D eigenvalue weighted by Crippen LogP contribution is -2.35. The molecule has 8 heteroatoms. The fraction of sp³-hybridized carbons (Fsp3) is 0.500. The van der Waals surface area contributed by atoms with Crippen molar-refractivity contribution in [2.75, 3.05) is 31.1 Å². The van der Waals surface area contributed by atoms with E-state index in [0.717, 1.165) is 80.9 Å². The summed E-state index contributed by atoms with van der Waals surface area (Å²) in [4.78, 5) is 49.3. The van der Waals surface area contributed by atoms with E-state index in [9.17, 15) is 19.2 Å². The molecule has 0 spiro atoms. The van der Waals surface area contributed by atoms with E-state index in [0.29, 0.717) is 24.2 Å². The highest BCUT2D eigenvalue weighted by Gasteiger charge is 2.26. The Balaban J connectivity index is 1.68. The number of hydrogen-bond donors (Lipinski definition) is 3. The average molecular weight is 495 g/mol. The van der Waals surface area contributed by atoms with Crippen LogP contribution in [0.5, 0.6) is 0 Å². The summed E-state index contributed by atoms with van der Waals surface area (Å²) in [6.07, 6.45) is 8.20. The number of unbranched alkanes of at least 4 members (excludes halogenated alkanes) is 6. The SMILES string of the molecule is CC(=O)NCCCCCCN(CCCCCCNC(C)=O)c1ccc2c3c(cccc13)C(=O)NC2=O. The van der Waals surface area contributed by atoms with Gasteiger partial charge in [-0.3, -0.25) is 24.5 Å². The van der Waals surface area contributed by atoms with Crippen LogP contribution in [0, 0.1) is 0 Å². The van der Waals surface area contributed by atoms with Crippen LogP contribution in [0.4, 0.5) is 5.69 Å². The van der Waals surface area contributed by atoms with Gasteiger partial charge in [0.15, 0.2) is 0 Å². The monoisotopic (exact) mass is 494 g/mol. The number of rotatable bonds is 15. The van der Waals surface area contributed by atoms with Gasteiger partial charge in [0.2, 0.25) is 11.8 Å². The van der Waals surface area contributed by atoms with Gasteiger partial charge in [-0.05, 0) is 43.9 Å². The third-order valence-corrected chi connectivity index (χ3v) is 6.53. The normalized spacial score (nSPS) is 12.4. The maximum Gasteiger partial charge on any atom is 0.258 e. The first kappa shape index (κ1) is 27.2. The minimum Gasteiger partial charge on any atom is -0.371 e. The van der Waals surface area contributed by atoms with Crippen molar-refractivity contribution in [3.05, 3.63) is 41.5 Å². The van der Waals surface area contributed by atoms with E-state index in [4.69, 9.17) is 0 Å². The largest absolute Gasteiger partial charge is 0.371 e. The third kappa shape index (κ3) is 7.54. The van der Waals surface area contributed by atoms with Crippen LogP contribution in [0.1, 0.15) is 85.9 Å². The Morgan fingerprint density at radius 1 is 0.722 bits per heavy atom. The molecule has 0 saturated heterocycles. The lowest BCUT2D eigenvalue weighted by molar-refractivity contribution is -0.119. The first-order valence-corrected chi connectivity index (χ1v) is 13.0. The molecule has 0 saturated carbocycles. The van der Waals surface area contributed by atoms with Crippen molar-refractivity contribution in [3.8, 4) is 0 Å². The molecule has 0 fully saturated rings. The molecule has 3 N–H and O–H groups in total. The fourth-order valence-electron chi connectivity index (χ4n) is 4.73. The zero-order chi connectivity index (χ0) is 25.9. The summed E-state index contributed by atoms with van der Waals surface area (Å²) in [5, 5.41) is 9.79. The van der Waals surface area contributed by atoms with Crippen molar-refractivity contribution in [1.82, 2.24) is 16.0 Å². The van der Waals surface area contributed by atoms with E-state index in [-0.39, 0.29) is 23.6 Å². The molecule has 1 heterocycles. The summed E-state index contributed by atoms with van der Waals surface area (Å²) in [7, 11) is 0. The fourth-order valence-corrected chi connectivity index (χ4v) is 4.73. The second-order valence-corrected chi connectivity index (χ2v) is 9.43. The highest BCUT2D eigenvalue weighted by Crippen LogP contribution is 2.34. The van der Waals surface area contributed by atoms with Crippen LogP contribution in [0.15, 0.2) is 30.3 Å². The zero-order valence-corrected chi connectivity index (χ0v) is 21.5. The van der Waals surface area contributed by atoms with Crippen molar-refractivity contribution in [2.45, 2.75) is 65.2 Å². The molecule has 2 aromatic rings. The van der Waals surface area contributed by atoms with Crippen LogP contribution in [-0.4, -0.2) is 49.8 Å². The first-order valence-electron chi connectivity index (χ1n) is 13.0. The van der Waals surface area contributed by atoms with Gasteiger partial charge in [0.1, 0.15) is 0 Å². The molecule has 3 rings (SSSR count). The number of nitrogens with one attached hydrogen (secondary N) is 3. The smallest absolute Gasteiger partial charge is 0.258 e. The van der Waals surface area contributed by atoms with E-state index < -0.39 is 0 Å². The average Bonchev–Trinajstić information content (AvgIpc) is 2.84. The Bertz CT molecular complexity index is 1050. The molecule has 1 aliphatic rings. The van der Waals surface area contributed by atoms with Crippen LogP contribution < -0.4 is 20.9 Å². The number of carbonyl (C=O) groups is 4. The minimum absolute atomic E-state index is 0.00765. The molecule has 4 amide bonds. The predicted octanol–water partition coefficient (Wildman–Crippen LogP) is 3.92. The lowest BCUT2D eigenvalue weighted by atomic mass is 9.93. The third-order valence-electron chi connectivity index (χ3n) is 6.53. The summed E-state index contributed by atoms with van der Waals surface area (Å²) < 4.78 is 0. The van der Waals surface area contributed by atoms with Crippen LogP contribution in [0.3, 0.4) is 0 Å². The Labute approximate surface area is 213 Å². The maximum absolute atomic E-state index is 12.4. The van der Waals surface area contributed by atoms with E-state index in [2.05, 4.69) is 20.9 Å². The quantitative estimate of drug-likeness (QED) is 0.257. The molecule has 2 aromatic carbocycles. The topological polar surface area (TPSA) is 108 Å². The van der Waals surface area contributed by atoms with E-state index in [1.54, 1.807) is 6.07 Å². The standard InChI is InChI=1S/C28H38N4O4/c1-20(33)29-16-7-3-5-9-18-32(19-10-6-4-8-17-30-21(2)34)25-15-14-24-26-22(25)12-11-13-23(26)27(35)31-28(24)36/h11-15H,3-10,16-19H2,1-2H3,(H,29,33)(H,30,34)(H,31,35,36). The summed E-state index contributed by atoms with van der Waals surface area (Å²) in [6, 6.07) is 9.48. The second kappa shape index (κ2) is 13.6. The van der Waals surface area contributed by atoms with E-state index in [1.807, 2.05) is 24.3 Å². The molecule has 1 aliphatic heterocycles. The van der Waals surface area contributed by atoms with Gasteiger partial charge < -0.3 is 15.5 Å². The summed E-state index contributed by atoms with van der Waals surface area (Å²) in [5.74, 6) is -0.679. The van der Waals surface area contributed by atoms with Crippen LogP contribution in [0.2, 0.25) is 0 Å². The number of anilines is 1. The molecule has 36 heavy (non-hydrogen) atoms. The number of imide groups is 1. The Kier molecular flexibility index (Phi) is 10.3. The van der Waals surface area contributed by atoms with E-state index >= 15 is 0 Å². The van der Waals surface area contributed by atoms with Crippen molar-refractivity contribution in [2.24, 2.45) is 0 Å². The van der Waals surface area contributed by atoms with Crippen molar-refractivity contribution in [3.63, 3.8) is 0 Å². The number of benzene rings is 2. The van der Waals surface area contributed by atoms with Crippen molar-refractivity contribution >= 4 is 40.1 Å². The molecule has 0 aliphatic carbocycles. The van der Waals surface area contributed by atoms with Gasteiger partial charge in [0.05, 0.1) is 0 Å². The molecule has 0 atom stereocenters. The molecule has 0 aromatic heterocycles. The molecule has 0 bridgehead atoms. The summed E-state index contributed by atoms with van der Waals surface area (Å²) in [5.41, 5.74) is 2.13. The van der Waals surface area contributed by atoms with Crippen LogP contribution in [-0.2, 0) is 9.59 Å². The molecule has 8 nitrogen and oxygen atoms in total. The highest BCUT2D eigenvalue weighted by molar-refractivity contribution is 6.26. The Hall–Kier alpha value is -3.42. The number of hydrogen-bond acceptors (Lipinski definition) is 5. The molecular formula is C28H38N4O4. The van der Waals surface area contributed by atoms with Gasteiger partial charge >= 0.3 is 0 Å². The number of carbonyl (C=O) groups excluding carboxylic acids is 4. The summed E-state index contributed by atoms with van der Waals surface area (Å²) >= 11 is 0. The maximum atomic E-state index is 12.4. The summed E-state index contributed by atoms with van der Waals surface area (Å²) in [6.45, 7) is 6.25. The zero-order valence-electron chi connectivity index (χ0n) is 21.5. The van der Waals surface area contributed by atoms with Gasteiger partial charge in [0.25, 0.3) is 11.8 Å². The van der Waals surface area contributed by atoms with Crippen molar-refractivity contribution < 1.29 is 19.2 Å². The second-order valence-electron chi connectivity index (χ2n) is 9.43. The van der Waals surface area contributed by atoms with Crippen LogP contribution in [0.25, 0.3) is 10.8 Å². The lowest BCUT2D eigenvalue weighted by Gasteiger charge is -2.28. The Morgan fingerprint density at radius 3 is 1.81 bits per heavy atom. The first-order chi connectivity index (χ1) is 17.4. The van der Waals surface area contributed by atoms with Gasteiger partial charge in [-0.25, -0.2) is 0 Å². The number of amides is 4.